The van der Waals surface area contributed by atoms with E-state index in [1.807, 2.05) is 6.08 Å². The second kappa shape index (κ2) is 8.02. The lowest BCUT2D eigenvalue weighted by molar-refractivity contribution is -0.131. The first-order valence-electron chi connectivity index (χ1n) is 8.17. The van der Waals surface area contributed by atoms with Gasteiger partial charge >= 0.3 is 5.97 Å². The number of allylic oxidation sites excluding steroid dienone is 1. The van der Waals surface area contributed by atoms with Crippen LogP contribution < -0.4 is 0 Å². The Morgan fingerprint density at radius 1 is 1.19 bits per heavy atom. The smallest absolute Gasteiger partial charge is 0.327 e. The summed E-state index contributed by atoms with van der Waals surface area (Å²) in [6, 6.07) is 9.17. The molecular formula is C19H26O2. The zero-order valence-electron chi connectivity index (χ0n) is 12.9. The number of rotatable bonds is 6. The lowest BCUT2D eigenvalue weighted by Gasteiger charge is -2.28. The number of aryl methyl sites for hydroxylation is 1. The molecular weight excluding hydrogens is 260 g/mol. The van der Waals surface area contributed by atoms with Crippen LogP contribution in [0.25, 0.3) is 0 Å². The Labute approximate surface area is 127 Å². The van der Waals surface area contributed by atoms with Crippen molar-refractivity contribution in [3.05, 3.63) is 47.5 Å². The molecule has 2 heteroatoms. The van der Waals surface area contributed by atoms with Crippen molar-refractivity contribution in [1.29, 1.82) is 0 Å². The van der Waals surface area contributed by atoms with Crippen molar-refractivity contribution >= 4 is 5.97 Å². The maximum absolute atomic E-state index is 10.5. The highest BCUT2D eigenvalue weighted by Crippen LogP contribution is 2.37. The van der Waals surface area contributed by atoms with E-state index in [0.29, 0.717) is 11.8 Å². The van der Waals surface area contributed by atoms with Gasteiger partial charge in [-0.2, -0.15) is 0 Å². The fourth-order valence-corrected chi connectivity index (χ4v) is 3.34. The zero-order valence-corrected chi connectivity index (χ0v) is 12.9. The minimum atomic E-state index is -0.837. The third-order valence-electron chi connectivity index (χ3n) is 4.57. The molecule has 0 saturated heterocycles. The zero-order chi connectivity index (χ0) is 15.1. The summed E-state index contributed by atoms with van der Waals surface area (Å²) < 4.78 is 0. The van der Waals surface area contributed by atoms with E-state index in [0.717, 1.165) is 6.42 Å². The van der Waals surface area contributed by atoms with Crippen molar-refractivity contribution in [2.24, 2.45) is 5.92 Å². The van der Waals surface area contributed by atoms with Crippen molar-refractivity contribution in [1.82, 2.24) is 0 Å². The summed E-state index contributed by atoms with van der Waals surface area (Å²) in [7, 11) is 0. The number of carboxylic acids is 1. The Morgan fingerprint density at radius 3 is 2.43 bits per heavy atom. The molecule has 1 aliphatic rings. The van der Waals surface area contributed by atoms with Crippen LogP contribution in [-0.2, 0) is 11.2 Å². The van der Waals surface area contributed by atoms with E-state index in [1.165, 1.54) is 55.7 Å². The average molecular weight is 286 g/mol. The van der Waals surface area contributed by atoms with Crippen molar-refractivity contribution in [2.75, 3.05) is 0 Å². The fraction of sp³-hybridized carbons (Fsp3) is 0.526. The molecule has 2 nitrogen and oxygen atoms in total. The molecule has 114 valence electrons. The van der Waals surface area contributed by atoms with Gasteiger partial charge in [0.1, 0.15) is 0 Å². The lowest BCUT2D eigenvalue weighted by atomic mass is 9.77. The Morgan fingerprint density at radius 2 is 1.86 bits per heavy atom. The van der Waals surface area contributed by atoms with Gasteiger partial charge in [0, 0.05) is 6.08 Å². The minimum Gasteiger partial charge on any atom is -0.478 e. The van der Waals surface area contributed by atoms with E-state index >= 15 is 0 Å². The van der Waals surface area contributed by atoms with Crippen LogP contribution >= 0.6 is 0 Å². The molecule has 0 amide bonds. The number of hydrogen-bond donors (Lipinski definition) is 1. The molecule has 1 saturated carbocycles. The van der Waals surface area contributed by atoms with Crippen molar-refractivity contribution in [3.8, 4) is 0 Å². The maximum atomic E-state index is 10.5. The molecule has 0 atom stereocenters. The van der Waals surface area contributed by atoms with Crippen LogP contribution in [0.15, 0.2) is 36.4 Å². The number of carbonyl (C=O) groups is 1. The molecule has 1 N–H and O–H groups in total. The number of carboxylic acid groups (broad SMARTS) is 1. The summed E-state index contributed by atoms with van der Waals surface area (Å²) in [4.78, 5) is 10.5. The van der Waals surface area contributed by atoms with Gasteiger partial charge in [-0.15, -0.1) is 0 Å². The summed E-state index contributed by atoms with van der Waals surface area (Å²) >= 11 is 0. The highest BCUT2D eigenvalue weighted by atomic mass is 16.4. The third-order valence-corrected chi connectivity index (χ3v) is 4.57. The second-order valence-corrected chi connectivity index (χ2v) is 6.19. The molecule has 0 unspecified atom stereocenters. The van der Waals surface area contributed by atoms with Gasteiger partial charge in [0.2, 0.25) is 0 Å². The van der Waals surface area contributed by atoms with E-state index in [9.17, 15) is 4.79 Å². The largest absolute Gasteiger partial charge is 0.478 e. The standard InChI is InChI=1S/C19H26O2/c1-2-4-15-7-11-17(12-8-15)18-13-9-16(10-14-18)5-3-6-19(20)21/h3,6-8,11-12,16,18H,2,4-5,9-10,13-14H2,1H3,(H,20,21)/b6-3+. The van der Waals surface area contributed by atoms with E-state index in [4.69, 9.17) is 5.11 Å². The molecule has 0 spiro atoms. The number of hydrogen-bond acceptors (Lipinski definition) is 1. The first-order chi connectivity index (χ1) is 10.2. The topological polar surface area (TPSA) is 37.3 Å². The SMILES string of the molecule is CCCc1ccc(C2CCC(C/C=C/C(=O)O)CC2)cc1. The summed E-state index contributed by atoms with van der Waals surface area (Å²) in [5.41, 5.74) is 2.92. The highest BCUT2D eigenvalue weighted by molar-refractivity contribution is 5.79. The molecule has 0 aliphatic heterocycles. The Hall–Kier alpha value is -1.57. The van der Waals surface area contributed by atoms with Crippen molar-refractivity contribution in [3.63, 3.8) is 0 Å². The predicted molar refractivity (Wildman–Crippen MR) is 86.5 cm³/mol. The van der Waals surface area contributed by atoms with Gasteiger partial charge in [0.05, 0.1) is 0 Å². The van der Waals surface area contributed by atoms with Gasteiger partial charge in [0.15, 0.2) is 0 Å². The fourth-order valence-electron chi connectivity index (χ4n) is 3.34. The van der Waals surface area contributed by atoms with Gasteiger partial charge in [-0.05, 0) is 61.5 Å². The molecule has 0 heterocycles. The lowest BCUT2D eigenvalue weighted by Crippen LogP contribution is -2.13. The molecule has 2 rings (SSSR count). The number of aliphatic carboxylic acids is 1. The first-order valence-corrected chi connectivity index (χ1v) is 8.17. The molecule has 1 fully saturated rings. The van der Waals surface area contributed by atoms with Gasteiger partial charge in [-0.25, -0.2) is 4.79 Å². The van der Waals surface area contributed by atoms with Gasteiger partial charge < -0.3 is 5.11 Å². The Bertz CT molecular complexity index is 465. The van der Waals surface area contributed by atoms with Gasteiger partial charge in [0.25, 0.3) is 0 Å². The maximum Gasteiger partial charge on any atom is 0.327 e. The molecule has 0 aromatic heterocycles. The van der Waals surface area contributed by atoms with Crippen LogP contribution in [0.2, 0.25) is 0 Å². The number of benzene rings is 1. The van der Waals surface area contributed by atoms with Crippen LogP contribution in [0.5, 0.6) is 0 Å². The predicted octanol–water partition coefficient (Wildman–Crippen LogP) is 4.94. The monoisotopic (exact) mass is 286 g/mol. The van der Waals surface area contributed by atoms with Crippen LogP contribution in [0.4, 0.5) is 0 Å². The van der Waals surface area contributed by atoms with Crippen LogP contribution in [0.3, 0.4) is 0 Å². The third kappa shape index (κ3) is 5.04. The molecule has 21 heavy (non-hydrogen) atoms. The van der Waals surface area contributed by atoms with E-state index in [-0.39, 0.29) is 0 Å². The van der Waals surface area contributed by atoms with Crippen molar-refractivity contribution in [2.45, 2.75) is 57.8 Å². The summed E-state index contributed by atoms with van der Waals surface area (Å²) in [6.45, 7) is 2.22. The van der Waals surface area contributed by atoms with E-state index < -0.39 is 5.97 Å². The minimum absolute atomic E-state index is 0.663. The van der Waals surface area contributed by atoms with Crippen LogP contribution in [-0.4, -0.2) is 11.1 Å². The molecule has 1 aliphatic carbocycles. The van der Waals surface area contributed by atoms with Gasteiger partial charge in [-0.3, -0.25) is 0 Å². The van der Waals surface area contributed by atoms with Crippen molar-refractivity contribution < 1.29 is 9.90 Å². The Balaban J connectivity index is 1.81. The summed E-state index contributed by atoms with van der Waals surface area (Å²) in [5.74, 6) is 0.521. The first kappa shape index (κ1) is 15.8. The van der Waals surface area contributed by atoms with Crippen LogP contribution in [0.1, 0.15) is 62.5 Å². The molecule has 0 bridgehead atoms. The normalized spacial score (nSPS) is 22.5. The summed E-state index contributed by atoms with van der Waals surface area (Å²) in [5, 5.41) is 8.61. The Kier molecular flexibility index (Phi) is 6.04. The quantitative estimate of drug-likeness (QED) is 0.752. The van der Waals surface area contributed by atoms with E-state index in [2.05, 4.69) is 31.2 Å². The second-order valence-electron chi connectivity index (χ2n) is 6.19. The highest BCUT2D eigenvalue weighted by Gasteiger charge is 2.21. The molecule has 1 aromatic carbocycles. The average Bonchev–Trinajstić information content (AvgIpc) is 2.49. The molecule has 0 radical (unpaired) electrons. The van der Waals surface area contributed by atoms with Gasteiger partial charge in [-0.1, -0.05) is 43.7 Å². The van der Waals surface area contributed by atoms with Crippen LogP contribution in [0, 0.1) is 5.92 Å². The summed E-state index contributed by atoms with van der Waals surface area (Å²) in [6.07, 6.45) is 11.3. The van der Waals surface area contributed by atoms with E-state index in [1.54, 1.807) is 0 Å². The molecule has 1 aromatic rings.